The summed E-state index contributed by atoms with van der Waals surface area (Å²) in [7, 11) is 2.12. The van der Waals surface area contributed by atoms with Gasteiger partial charge in [0.2, 0.25) is 0 Å². The van der Waals surface area contributed by atoms with E-state index < -0.39 is 0 Å². The van der Waals surface area contributed by atoms with E-state index >= 15 is 0 Å². The second-order valence-corrected chi connectivity index (χ2v) is 5.45. The van der Waals surface area contributed by atoms with Gasteiger partial charge in [0.05, 0.1) is 0 Å². The van der Waals surface area contributed by atoms with Gasteiger partial charge < -0.3 is 4.90 Å². The van der Waals surface area contributed by atoms with Crippen molar-refractivity contribution < 1.29 is 0 Å². The number of halogens is 1. The molecule has 0 bridgehead atoms. The van der Waals surface area contributed by atoms with Crippen molar-refractivity contribution in [2.24, 2.45) is 5.41 Å². The number of anilines is 1. The minimum Gasteiger partial charge on any atom is -0.374 e. The van der Waals surface area contributed by atoms with E-state index in [1.54, 1.807) is 0 Å². The fourth-order valence-corrected chi connectivity index (χ4v) is 2.02. The molecule has 2 heteroatoms. The van der Waals surface area contributed by atoms with Gasteiger partial charge in [0.15, 0.2) is 0 Å². The van der Waals surface area contributed by atoms with Crippen molar-refractivity contribution in [3.63, 3.8) is 0 Å². The van der Waals surface area contributed by atoms with Crippen molar-refractivity contribution in [2.45, 2.75) is 26.7 Å². The van der Waals surface area contributed by atoms with Gasteiger partial charge in [-0.2, -0.15) is 0 Å². The van der Waals surface area contributed by atoms with Crippen molar-refractivity contribution in [2.75, 3.05) is 18.5 Å². The fourth-order valence-electron chi connectivity index (χ4n) is 1.79. The fraction of sp³-hybridized carbons (Fsp3) is 0.538. The molecule has 1 rings (SSSR count). The highest BCUT2D eigenvalue weighted by Crippen LogP contribution is 2.24. The summed E-state index contributed by atoms with van der Waals surface area (Å²) in [6.07, 6.45) is 0. The average molecular weight is 226 g/mol. The third-order valence-electron chi connectivity index (χ3n) is 2.26. The zero-order valence-electron chi connectivity index (χ0n) is 10.0. The smallest absolute Gasteiger partial charge is 0.0494 e. The van der Waals surface area contributed by atoms with Gasteiger partial charge in [-0.15, -0.1) is 11.6 Å². The number of nitrogens with zero attached hydrogens (tertiary/aromatic N) is 1. The van der Waals surface area contributed by atoms with Crippen LogP contribution in [0.15, 0.2) is 24.3 Å². The van der Waals surface area contributed by atoms with E-state index in [1.165, 1.54) is 11.3 Å². The highest BCUT2D eigenvalue weighted by molar-refractivity contribution is 6.17. The highest BCUT2D eigenvalue weighted by atomic mass is 35.5. The Morgan fingerprint density at radius 2 is 1.80 bits per heavy atom. The molecule has 0 fully saturated rings. The lowest BCUT2D eigenvalue weighted by molar-refractivity contribution is 0.419. The molecule has 0 amide bonds. The predicted octanol–water partition coefficient (Wildman–Crippen LogP) is 3.91. The maximum absolute atomic E-state index is 5.92. The van der Waals surface area contributed by atoms with Crippen LogP contribution in [0.5, 0.6) is 0 Å². The molecular formula is C13H20ClN. The second-order valence-electron chi connectivity index (χ2n) is 5.18. The zero-order valence-corrected chi connectivity index (χ0v) is 10.8. The molecule has 15 heavy (non-hydrogen) atoms. The SMILES string of the molecule is CN(CC(C)(C)C)c1ccccc1CCl. The molecule has 0 aliphatic heterocycles. The standard InChI is InChI=1S/C13H20ClN/c1-13(2,3)10-15(4)12-8-6-5-7-11(12)9-14/h5-8H,9-10H2,1-4H3. The number of para-hydroxylation sites is 1. The van der Waals surface area contributed by atoms with E-state index in [0.717, 1.165) is 6.54 Å². The minimum absolute atomic E-state index is 0.300. The van der Waals surface area contributed by atoms with Gasteiger partial charge in [0, 0.05) is 25.2 Å². The average Bonchev–Trinajstić information content (AvgIpc) is 2.15. The zero-order chi connectivity index (χ0) is 11.5. The van der Waals surface area contributed by atoms with E-state index in [1.807, 2.05) is 6.07 Å². The largest absolute Gasteiger partial charge is 0.374 e. The summed E-state index contributed by atoms with van der Waals surface area (Å²) >= 11 is 5.92. The number of alkyl halides is 1. The molecule has 0 spiro atoms. The summed E-state index contributed by atoms with van der Waals surface area (Å²) in [5, 5.41) is 0. The lowest BCUT2D eigenvalue weighted by atomic mass is 9.96. The topological polar surface area (TPSA) is 3.24 Å². The molecule has 84 valence electrons. The molecule has 0 aromatic heterocycles. The molecular weight excluding hydrogens is 206 g/mol. The lowest BCUT2D eigenvalue weighted by Gasteiger charge is -2.29. The minimum atomic E-state index is 0.300. The Kier molecular flexibility index (Phi) is 4.04. The van der Waals surface area contributed by atoms with Gasteiger partial charge in [-0.3, -0.25) is 0 Å². The molecule has 0 saturated heterocycles. The van der Waals surface area contributed by atoms with Gasteiger partial charge in [-0.1, -0.05) is 39.0 Å². The Labute approximate surface area is 98.0 Å². The molecule has 1 aromatic rings. The number of benzene rings is 1. The van der Waals surface area contributed by atoms with Crippen molar-refractivity contribution in [1.29, 1.82) is 0 Å². The highest BCUT2D eigenvalue weighted by Gasteiger charge is 2.15. The molecule has 0 aliphatic carbocycles. The number of hydrogen-bond donors (Lipinski definition) is 0. The molecule has 1 nitrogen and oxygen atoms in total. The van der Waals surface area contributed by atoms with E-state index in [0.29, 0.717) is 11.3 Å². The summed E-state index contributed by atoms with van der Waals surface area (Å²) in [4.78, 5) is 2.28. The first-order chi connectivity index (χ1) is 6.94. The Balaban J connectivity index is 2.86. The first-order valence-corrected chi connectivity index (χ1v) is 5.82. The van der Waals surface area contributed by atoms with Crippen LogP contribution in [0.2, 0.25) is 0 Å². The Morgan fingerprint density at radius 3 is 2.33 bits per heavy atom. The van der Waals surface area contributed by atoms with Crippen LogP contribution in [-0.4, -0.2) is 13.6 Å². The maximum Gasteiger partial charge on any atom is 0.0494 e. The van der Waals surface area contributed by atoms with Gasteiger partial charge in [-0.25, -0.2) is 0 Å². The first-order valence-electron chi connectivity index (χ1n) is 5.29. The van der Waals surface area contributed by atoms with Crippen molar-refractivity contribution in [3.8, 4) is 0 Å². The molecule has 0 heterocycles. The Hall–Kier alpha value is -0.690. The summed E-state index contributed by atoms with van der Waals surface area (Å²) in [6.45, 7) is 7.76. The van der Waals surface area contributed by atoms with Crippen LogP contribution in [-0.2, 0) is 5.88 Å². The monoisotopic (exact) mass is 225 g/mol. The normalized spacial score (nSPS) is 11.5. The molecule has 1 aromatic carbocycles. The van der Waals surface area contributed by atoms with Crippen LogP contribution in [0.25, 0.3) is 0 Å². The van der Waals surface area contributed by atoms with E-state index in [2.05, 4.69) is 50.9 Å². The quantitative estimate of drug-likeness (QED) is 0.706. The van der Waals surface area contributed by atoms with Crippen molar-refractivity contribution in [3.05, 3.63) is 29.8 Å². The molecule has 0 atom stereocenters. The molecule has 0 aliphatic rings. The molecule has 0 N–H and O–H groups in total. The third kappa shape index (κ3) is 3.75. The van der Waals surface area contributed by atoms with Crippen LogP contribution in [0, 0.1) is 5.41 Å². The van der Waals surface area contributed by atoms with Crippen LogP contribution >= 0.6 is 11.6 Å². The van der Waals surface area contributed by atoms with Gasteiger partial charge in [0.1, 0.15) is 0 Å². The summed E-state index contributed by atoms with van der Waals surface area (Å²) in [5.41, 5.74) is 2.74. The Morgan fingerprint density at radius 1 is 1.20 bits per heavy atom. The summed E-state index contributed by atoms with van der Waals surface area (Å²) in [6, 6.07) is 8.31. The third-order valence-corrected chi connectivity index (χ3v) is 2.55. The van der Waals surface area contributed by atoms with Crippen LogP contribution in [0.3, 0.4) is 0 Å². The van der Waals surface area contributed by atoms with Crippen LogP contribution < -0.4 is 4.90 Å². The molecule has 0 radical (unpaired) electrons. The van der Waals surface area contributed by atoms with Crippen LogP contribution in [0.1, 0.15) is 26.3 Å². The van der Waals surface area contributed by atoms with Crippen molar-refractivity contribution in [1.82, 2.24) is 0 Å². The maximum atomic E-state index is 5.92. The van der Waals surface area contributed by atoms with Gasteiger partial charge in [-0.05, 0) is 17.0 Å². The first kappa shape index (κ1) is 12.4. The summed E-state index contributed by atoms with van der Waals surface area (Å²) in [5.74, 6) is 0.574. The van der Waals surface area contributed by atoms with E-state index in [-0.39, 0.29) is 0 Å². The number of hydrogen-bond acceptors (Lipinski definition) is 1. The van der Waals surface area contributed by atoms with Crippen molar-refractivity contribution >= 4 is 17.3 Å². The van der Waals surface area contributed by atoms with Gasteiger partial charge in [0.25, 0.3) is 0 Å². The lowest BCUT2D eigenvalue weighted by Crippen LogP contribution is -2.29. The Bertz CT molecular complexity index is 315. The van der Waals surface area contributed by atoms with E-state index in [9.17, 15) is 0 Å². The molecule has 0 saturated carbocycles. The summed E-state index contributed by atoms with van der Waals surface area (Å²) < 4.78 is 0. The van der Waals surface area contributed by atoms with Crippen LogP contribution in [0.4, 0.5) is 5.69 Å². The second kappa shape index (κ2) is 4.89. The van der Waals surface area contributed by atoms with E-state index in [4.69, 9.17) is 11.6 Å². The van der Waals surface area contributed by atoms with Gasteiger partial charge >= 0.3 is 0 Å². The predicted molar refractivity (Wildman–Crippen MR) is 68.7 cm³/mol. The number of rotatable bonds is 3. The molecule has 0 unspecified atom stereocenters.